The molecule has 10 heteroatoms. The summed E-state index contributed by atoms with van der Waals surface area (Å²) < 4.78 is 28.3. The summed E-state index contributed by atoms with van der Waals surface area (Å²) in [4.78, 5) is 40.0. The number of aromatic nitrogens is 1. The van der Waals surface area contributed by atoms with Crippen LogP contribution in [0.2, 0.25) is 0 Å². The van der Waals surface area contributed by atoms with E-state index >= 15 is 0 Å². The third-order valence-corrected chi connectivity index (χ3v) is 5.93. The van der Waals surface area contributed by atoms with E-state index in [1.54, 1.807) is 13.0 Å². The minimum absolute atomic E-state index is 0.0339. The van der Waals surface area contributed by atoms with Gasteiger partial charge in [0.1, 0.15) is 17.2 Å². The number of hydrogen-bond acceptors (Lipinski definition) is 5. The molecule has 34 heavy (non-hydrogen) atoms. The molecule has 0 fully saturated rings. The topological polar surface area (TPSA) is 104 Å². The zero-order chi connectivity index (χ0) is 25.0. The average molecular weight is 475 g/mol. The summed E-state index contributed by atoms with van der Waals surface area (Å²) in [6.45, 7) is 4.13. The number of halogens is 2. The van der Waals surface area contributed by atoms with Gasteiger partial charge in [0, 0.05) is 42.7 Å². The van der Waals surface area contributed by atoms with Crippen molar-refractivity contribution in [3.05, 3.63) is 74.8 Å². The number of allylic oxidation sites excluding steroid dienone is 2. The van der Waals surface area contributed by atoms with E-state index in [-0.39, 0.29) is 36.0 Å². The van der Waals surface area contributed by atoms with Gasteiger partial charge in [0.05, 0.1) is 6.54 Å². The average Bonchev–Trinajstić information content (AvgIpc) is 2.81. The summed E-state index contributed by atoms with van der Waals surface area (Å²) in [6.07, 6.45) is 4.55. The lowest BCUT2D eigenvalue weighted by molar-refractivity contribution is 0.0753. The van der Waals surface area contributed by atoms with Crippen LogP contribution in [0.4, 0.5) is 8.78 Å². The normalized spacial score (nSPS) is 15.4. The highest BCUT2D eigenvalue weighted by Crippen LogP contribution is 2.26. The van der Waals surface area contributed by atoms with Crippen molar-refractivity contribution in [3.63, 3.8) is 0 Å². The van der Waals surface area contributed by atoms with E-state index < -0.39 is 34.6 Å². The number of hydrogen-bond donors (Lipinski definition) is 3. The Morgan fingerprint density at radius 1 is 1.29 bits per heavy atom. The van der Waals surface area contributed by atoms with Gasteiger partial charge >= 0.3 is 0 Å². The number of nitrogens with zero attached hydrogens (tertiary/aromatic N) is 2. The number of nitrogens with one attached hydrogen (secondary N) is 2. The van der Waals surface area contributed by atoms with Crippen molar-refractivity contribution in [2.75, 3.05) is 13.6 Å². The van der Waals surface area contributed by atoms with Gasteiger partial charge in [-0.15, -0.1) is 0 Å². The summed E-state index contributed by atoms with van der Waals surface area (Å²) >= 11 is 0. The number of benzene rings is 1. The molecule has 0 saturated heterocycles. The van der Waals surface area contributed by atoms with Crippen molar-refractivity contribution in [2.45, 2.75) is 45.8 Å². The van der Waals surface area contributed by atoms with Crippen LogP contribution in [0.15, 0.2) is 41.0 Å². The quantitative estimate of drug-likeness (QED) is 0.546. The minimum Gasteiger partial charge on any atom is -0.503 e. The van der Waals surface area contributed by atoms with Crippen molar-refractivity contribution < 1.29 is 23.5 Å². The second-order valence-corrected chi connectivity index (χ2v) is 8.18. The highest BCUT2D eigenvalue weighted by Gasteiger charge is 2.33. The second-order valence-electron chi connectivity index (χ2n) is 8.18. The van der Waals surface area contributed by atoms with Crippen LogP contribution in [-0.2, 0) is 13.1 Å². The molecule has 1 aliphatic rings. The zero-order valence-electron chi connectivity index (χ0n) is 19.3. The fourth-order valence-corrected chi connectivity index (χ4v) is 3.81. The molecule has 0 saturated carbocycles. The number of pyridine rings is 1. The molecule has 8 nitrogen and oxygen atoms in total. The van der Waals surface area contributed by atoms with E-state index in [2.05, 4.69) is 10.6 Å². The molecule has 0 aliphatic carbocycles. The Hall–Kier alpha value is -3.53. The first-order valence-corrected chi connectivity index (χ1v) is 11.0. The van der Waals surface area contributed by atoms with Gasteiger partial charge in [-0.3, -0.25) is 14.4 Å². The minimum atomic E-state index is -0.996. The van der Waals surface area contributed by atoms with Crippen molar-refractivity contribution >= 4 is 11.8 Å². The van der Waals surface area contributed by atoms with Crippen molar-refractivity contribution in [2.24, 2.45) is 0 Å². The van der Waals surface area contributed by atoms with E-state index in [0.29, 0.717) is 18.3 Å². The van der Waals surface area contributed by atoms with E-state index in [1.165, 1.54) is 21.7 Å². The molecular formula is C24H28F2N4O4. The van der Waals surface area contributed by atoms with Gasteiger partial charge in [-0.05, 0) is 39.8 Å². The number of carbonyl (C=O) groups is 2. The van der Waals surface area contributed by atoms with E-state index in [1.807, 2.05) is 14.0 Å². The SMILES string of the molecule is C/C=C1\Cn2cc(C(=O)NCc3ccc(F)cc3F)c(=O)c(O)c2C(=O)N1CCC[C@H](C)NC. The number of fused-ring (bicyclic) bond motifs is 1. The Balaban J connectivity index is 1.84. The lowest BCUT2D eigenvalue weighted by atomic mass is 10.1. The Bertz CT molecular complexity index is 1190. The second kappa shape index (κ2) is 10.6. The molecule has 1 aromatic carbocycles. The standard InChI is InChI=1S/C24H28F2N4O4/c1-4-17-12-29-13-18(23(33)28-11-15-7-8-16(25)10-19(15)26)21(31)22(32)20(29)24(34)30(17)9-5-6-14(2)27-3/h4,7-8,10,13-14,27,32H,5-6,9,11-12H2,1-3H3,(H,28,33)/b17-4+/t14-/m0/s1. The summed E-state index contributed by atoms with van der Waals surface area (Å²) in [5, 5.41) is 16.1. The van der Waals surface area contributed by atoms with Crippen LogP contribution in [0, 0.1) is 11.6 Å². The van der Waals surface area contributed by atoms with E-state index in [0.717, 1.165) is 18.9 Å². The first-order valence-electron chi connectivity index (χ1n) is 11.0. The molecular weight excluding hydrogens is 446 g/mol. The van der Waals surface area contributed by atoms with Crippen LogP contribution in [0.25, 0.3) is 0 Å². The molecule has 0 radical (unpaired) electrons. The van der Waals surface area contributed by atoms with Crippen LogP contribution in [0.1, 0.15) is 53.1 Å². The van der Waals surface area contributed by atoms with Gasteiger partial charge < -0.3 is 25.2 Å². The zero-order valence-corrected chi connectivity index (χ0v) is 19.3. The lowest BCUT2D eigenvalue weighted by Gasteiger charge is -2.33. The molecule has 0 unspecified atom stereocenters. The molecule has 2 heterocycles. The summed E-state index contributed by atoms with van der Waals surface area (Å²) in [5.74, 6) is -3.77. The third kappa shape index (κ3) is 5.17. The van der Waals surface area contributed by atoms with Gasteiger partial charge in [-0.1, -0.05) is 12.1 Å². The first-order chi connectivity index (χ1) is 16.2. The molecule has 2 aromatic rings. The van der Waals surface area contributed by atoms with Crippen molar-refractivity contribution in [1.82, 2.24) is 20.1 Å². The molecule has 1 aliphatic heterocycles. The van der Waals surface area contributed by atoms with Gasteiger partial charge in [-0.25, -0.2) is 8.78 Å². The van der Waals surface area contributed by atoms with Crippen LogP contribution < -0.4 is 16.1 Å². The maximum Gasteiger partial charge on any atom is 0.278 e. The highest BCUT2D eigenvalue weighted by molar-refractivity contribution is 5.99. The molecule has 0 spiro atoms. The Morgan fingerprint density at radius 2 is 2.03 bits per heavy atom. The Kier molecular flexibility index (Phi) is 7.83. The summed E-state index contributed by atoms with van der Waals surface area (Å²) in [5.41, 5.74) is -0.852. The van der Waals surface area contributed by atoms with Crippen molar-refractivity contribution in [3.8, 4) is 5.75 Å². The lowest BCUT2D eigenvalue weighted by Crippen LogP contribution is -2.42. The third-order valence-electron chi connectivity index (χ3n) is 5.93. The number of amides is 2. The first kappa shape index (κ1) is 25.1. The van der Waals surface area contributed by atoms with Gasteiger partial charge in [-0.2, -0.15) is 0 Å². The van der Waals surface area contributed by atoms with Crippen LogP contribution in [0.3, 0.4) is 0 Å². The van der Waals surface area contributed by atoms with Crippen LogP contribution >= 0.6 is 0 Å². The molecule has 182 valence electrons. The van der Waals surface area contributed by atoms with Gasteiger partial charge in [0.15, 0.2) is 11.4 Å². The predicted molar refractivity (Wildman–Crippen MR) is 122 cm³/mol. The monoisotopic (exact) mass is 474 g/mol. The molecule has 1 atom stereocenters. The summed E-state index contributed by atoms with van der Waals surface area (Å²) in [6, 6.07) is 3.21. The van der Waals surface area contributed by atoms with Crippen LogP contribution in [0.5, 0.6) is 5.75 Å². The molecule has 1 aromatic heterocycles. The number of carbonyl (C=O) groups excluding carboxylic acids is 2. The number of rotatable bonds is 8. The predicted octanol–water partition coefficient (Wildman–Crippen LogP) is 2.51. The molecule has 0 bridgehead atoms. The fourth-order valence-electron chi connectivity index (χ4n) is 3.81. The number of aromatic hydroxyl groups is 1. The largest absolute Gasteiger partial charge is 0.503 e. The molecule has 2 amide bonds. The Morgan fingerprint density at radius 3 is 2.68 bits per heavy atom. The summed E-state index contributed by atoms with van der Waals surface area (Å²) in [7, 11) is 1.86. The van der Waals surface area contributed by atoms with Gasteiger partial charge in [0.25, 0.3) is 11.8 Å². The smallest absolute Gasteiger partial charge is 0.278 e. The Labute approximate surface area is 195 Å². The van der Waals surface area contributed by atoms with E-state index in [4.69, 9.17) is 0 Å². The van der Waals surface area contributed by atoms with Gasteiger partial charge in [0.2, 0.25) is 5.43 Å². The van der Waals surface area contributed by atoms with Crippen molar-refractivity contribution in [1.29, 1.82) is 0 Å². The molecule has 3 N–H and O–H groups in total. The fraction of sp³-hybridized carbons (Fsp3) is 0.375. The maximum absolute atomic E-state index is 13.8. The van der Waals surface area contributed by atoms with E-state index in [9.17, 15) is 28.3 Å². The van der Waals surface area contributed by atoms with Crippen LogP contribution in [-0.4, -0.2) is 46.0 Å². The molecule has 3 rings (SSSR count). The maximum atomic E-state index is 13.8. The highest BCUT2D eigenvalue weighted by atomic mass is 19.1.